The molecule has 0 spiro atoms. The Balaban J connectivity index is 1.72. The molecular formula is C17H15NO. The second-order valence-electron chi connectivity index (χ2n) is 5.13. The molecule has 0 radical (unpaired) electrons. The van der Waals surface area contributed by atoms with E-state index in [1.807, 2.05) is 6.07 Å². The van der Waals surface area contributed by atoms with E-state index < -0.39 is 0 Å². The fourth-order valence-corrected chi connectivity index (χ4v) is 3.00. The molecule has 2 aliphatic rings. The van der Waals surface area contributed by atoms with Crippen LogP contribution in [0, 0.1) is 0 Å². The molecule has 2 nitrogen and oxygen atoms in total. The van der Waals surface area contributed by atoms with Gasteiger partial charge in [-0.3, -0.25) is 0 Å². The number of fused-ring (bicyclic) bond motifs is 2. The molecule has 1 heterocycles. The zero-order valence-corrected chi connectivity index (χ0v) is 10.7. The first-order chi connectivity index (χ1) is 9.42. The SMILES string of the molecule is c1ccc2c(c1)COC2=NC1CCc2ccccc21. The maximum Gasteiger partial charge on any atom is 0.217 e. The summed E-state index contributed by atoms with van der Waals surface area (Å²) in [6.45, 7) is 0.656. The number of aliphatic imine (C=N–C) groups is 1. The molecule has 0 fully saturated rings. The lowest BCUT2D eigenvalue weighted by Gasteiger charge is -2.07. The van der Waals surface area contributed by atoms with Crippen molar-refractivity contribution < 1.29 is 4.74 Å². The molecule has 0 saturated heterocycles. The molecule has 1 atom stereocenters. The Morgan fingerprint density at radius 3 is 2.68 bits per heavy atom. The molecular weight excluding hydrogens is 234 g/mol. The Labute approximate surface area is 112 Å². The van der Waals surface area contributed by atoms with Crippen molar-refractivity contribution in [3.05, 3.63) is 70.8 Å². The highest BCUT2D eigenvalue weighted by Crippen LogP contribution is 2.35. The minimum absolute atomic E-state index is 0.261. The van der Waals surface area contributed by atoms with Crippen LogP contribution in [0.25, 0.3) is 0 Å². The number of nitrogens with zero attached hydrogens (tertiary/aromatic N) is 1. The van der Waals surface area contributed by atoms with E-state index in [4.69, 9.17) is 9.73 Å². The number of rotatable bonds is 1. The van der Waals surface area contributed by atoms with Gasteiger partial charge in [-0.25, -0.2) is 4.99 Å². The highest BCUT2D eigenvalue weighted by molar-refractivity contribution is 5.97. The van der Waals surface area contributed by atoms with Crippen molar-refractivity contribution in [3.63, 3.8) is 0 Å². The lowest BCUT2D eigenvalue weighted by molar-refractivity contribution is 0.309. The maximum atomic E-state index is 5.75. The van der Waals surface area contributed by atoms with Crippen LogP contribution in [0.4, 0.5) is 0 Å². The van der Waals surface area contributed by atoms with Gasteiger partial charge in [-0.05, 0) is 30.0 Å². The average Bonchev–Trinajstić information content (AvgIpc) is 3.05. The summed E-state index contributed by atoms with van der Waals surface area (Å²) in [5, 5.41) is 0. The normalized spacial score (nSPS) is 22.1. The molecule has 0 aromatic heterocycles. The van der Waals surface area contributed by atoms with Crippen LogP contribution in [0.3, 0.4) is 0 Å². The highest BCUT2D eigenvalue weighted by Gasteiger charge is 2.25. The molecule has 1 unspecified atom stereocenters. The fraction of sp³-hybridized carbons (Fsp3) is 0.235. The topological polar surface area (TPSA) is 21.6 Å². The Morgan fingerprint density at radius 2 is 1.74 bits per heavy atom. The third-order valence-corrected chi connectivity index (χ3v) is 3.99. The standard InChI is InChI=1S/C17H15NO/c1-3-7-14-12(5-1)9-10-16(14)18-17-15-8-4-2-6-13(15)11-19-17/h1-8,16H,9-11H2. The number of hydrogen-bond donors (Lipinski definition) is 0. The fourth-order valence-electron chi connectivity index (χ4n) is 3.00. The predicted molar refractivity (Wildman–Crippen MR) is 75.3 cm³/mol. The van der Waals surface area contributed by atoms with E-state index >= 15 is 0 Å². The van der Waals surface area contributed by atoms with Gasteiger partial charge >= 0.3 is 0 Å². The molecule has 1 aliphatic heterocycles. The summed E-state index contributed by atoms with van der Waals surface area (Å²) in [5.74, 6) is 0.817. The van der Waals surface area contributed by atoms with Crippen molar-refractivity contribution in [1.82, 2.24) is 0 Å². The van der Waals surface area contributed by atoms with Gasteiger partial charge < -0.3 is 4.74 Å². The summed E-state index contributed by atoms with van der Waals surface area (Å²) in [5.41, 5.74) is 5.20. The van der Waals surface area contributed by atoms with Crippen molar-refractivity contribution >= 4 is 5.90 Å². The first kappa shape index (κ1) is 10.8. The van der Waals surface area contributed by atoms with Crippen molar-refractivity contribution in [2.24, 2.45) is 4.99 Å². The predicted octanol–water partition coefficient (Wildman–Crippen LogP) is 3.65. The minimum atomic E-state index is 0.261. The van der Waals surface area contributed by atoms with Crippen LogP contribution >= 0.6 is 0 Å². The van der Waals surface area contributed by atoms with Crippen LogP contribution in [0.5, 0.6) is 0 Å². The van der Waals surface area contributed by atoms with Crippen LogP contribution < -0.4 is 0 Å². The van der Waals surface area contributed by atoms with Gasteiger partial charge in [-0.2, -0.15) is 0 Å². The smallest absolute Gasteiger partial charge is 0.217 e. The lowest BCUT2D eigenvalue weighted by Crippen LogP contribution is -2.01. The third kappa shape index (κ3) is 1.75. The molecule has 94 valence electrons. The lowest BCUT2D eigenvalue weighted by atomic mass is 10.1. The zero-order chi connectivity index (χ0) is 12.7. The summed E-state index contributed by atoms with van der Waals surface area (Å²) in [6, 6.07) is 17.2. The van der Waals surface area contributed by atoms with E-state index in [1.165, 1.54) is 16.7 Å². The van der Waals surface area contributed by atoms with Crippen molar-refractivity contribution in [1.29, 1.82) is 0 Å². The molecule has 19 heavy (non-hydrogen) atoms. The zero-order valence-electron chi connectivity index (χ0n) is 10.7. The van der Waals surface area contributed by atoms with E-state index in [0.717, 1.165) is 24.3 Å². The van der Waals surface area contributed by atoms with Crippen LogP contribution in [0.2, 0.25) is 0 Å². The summed E-state index contributed by atoms with van der Waals surface area (Å²) in [6.07, 6.45) is 2.22. The summed E-state index contributed by atoms with van der Waals surface area (Å²) < 4.78 is 5.75. The van der Waals surface area contributed by atoms with Gasteiger partial charge in [0, 0.05) is 11.1 Å². The summed E-state index contributed by atoms with van der Waals surface area (Å²) in [4.78, 5) is 4.85. The quantitative estimate of drug-likeness (QED) is 0.756. The molecule has 0 bridgehead atoms. The Hall–Kier alpha value is -2.09. The monoisotopic (exact) mass is 249 g/mol. The van der Waals surface area contributed by atoms with E-state index in [2.05, 4.69) is 42.5 Å². The van der Waals surface area contributed by atoms with Gasteiger partial charge in [0.1, 0.15) is 6.61 Å². The van der Waals surface area contributed by atoms with E-state index in [9.17, 15) is 0 Å². The van der Waals surface area contributed by atoms with Gasteiger partial charge in [0.05, 0.1) is 6.04 Å². The molecule has 2 aromatic rings. The first-order valence-electron chi connectivity index (χ1n) is 6.78. The van der Waals surface area contributed by atoms with Crippen molar-refractivity contribution in [2.75, 3.05) is 0 Å². The second-order valence-corrected chi connectivity index (χ2v) is 5.13. The molecule has 2 heteroatoms. The number of benzene rings is 2. The molecule has 0 saturated carbocycles. The summed E-state index contributed by atoms with van der Waals surface area (Å²) in [7, 11) is 0. The van der Waals surface area contributed by atoms with Crippen LogP contribution in [-0.2, 0) is 17.8 Å². The Kier molecular flexibility index (Phi) is 2.41. The van der Waals surface area contributed by atoms with Gasteiger partial charge in [0.15, 0.2) is 0 Å². The van der Waals surface area contributed by atoms with Crippen molar-refractivity contribution in [2.45, 2.75) is 25.5 Å². The summed E-state index contributed by atoms with van der Waals surface area (Å²) >= 11 is 0. The molecule has 4 rings (SSSR count). The van der Waals surface area contributed by atoms with Crippen LogP contribution in [0.1, 0.15) is 34.7 Å². The average molecular weight is 249 g/mol. The van der Waals surface area contributed by atoms with Crippen LogP contribution in [-0.4, -0.2) is 5.90 Å². The first-order valence-corrected chi connectivity index (χ1v) is 6.78. The Bertz CT molecular complexity index is 660. The van der Waals surface area contributed by atoms with Gasteiger partial charge in [-0.1, -0.05) is 42.5 Å². The molecule has 0 N–H and O–H groups in total. The van der Waals surface area contributed by atoms with Crippen molar-refractivity contribution in [3.8, 4) is 0 Å². The minimum Gasteiger partial charge on any atom is -0.473 e. The third-order valence-electron chi connectivity index (χ3n) is 3.99. The molecule has 0 amide bonds. The number of hydrogen-bond acceptors (Lipinski definition) is 2. The molecule has 2 aromatic carbocycles. The van der Waals surface area contributed by atoms with Gasteiger partial charge in [0.25, 0.3) is 0 Å². The number of ether oxygens (including phenoxy) is 1. The van der Waals surface area contributed by atoms with Gasteiger partial charge in [-0.15, -0.1) is 0 Å². The Morgan fingerprint density at radius 1 is 0.947 bits per heavy atom. The van der Waals surface area contributed by atoms with Crippen LogP contribution in [0.15, 0.2) is 53.5 Å². The van der Waals surface area contributed by atoms with E-state index in [1.54, 1.807) is 0 Å². The van der Waals surface area contributed by atoms with E-state index in [-0.39, 0.29) is 6.04 Å². The highest BCUT2D eigenvalue weighted by atomic mass is 16.5. The largest absolute Gasteiger partial charge is 0.473 e. The molecule has 1 aliphatic carbocycles. The second kappa shape index (κ2) is 4.23. The van der Waals surface area contributed by atoms with Gasteiger partial charge in [0.2, 0.25) is 5.90 Å². The number of aryl methyl sites for hydroxylation is 1. The van der Waals surface area contributed by atoms with E-state index in [0.29, 0.717) is 6.61 Å². The maximum absolute atomic E-state index is 5.75.